The van der Waals surface area contributed by atoms with Crippen LogP contribution in [0.1, 0.15) is 38.7 Å². The van der Waals surface area contributed by atoms with E-state index in [0.29, 0.717) is 18.8 Å². The van der Waals surface area contributed by atoms with Crippen LogP contribution in [-0.4, -0.2) is 31.9 Å². The van der Waals surface area contributed by atoms with Crippen LogP contribution < -0.4 is 15.0 Å². The molecule has 1 atom stereocenters. The van der Waals surface area contributed by atoms with E-state index in [1.807, 2.05) is 58.2 Å². The molecule has 0 unspecified atom stereocenters. The molecular weight excluding hydrogens is 366 g/mol. The van der Waals surface area contributed by atoms with Crippen LogP contribution in [0.5, 0.6) is 5.75 Å². The van der Waals surface area contributed by atoms with Crippen molar-refractivity contribution < 1.29 is 14.3 Å². The number of alkyl carbamates (subject to hydrolysis) is 1. The van der Waals surface area contributed by atoms with Crippen molar-refractivity contribution in [3.8, 4) is 5.75 Å². The molecule has 0 spiro atoms. The van der Waals surface area contributed by atoms with E-state index in [1.165, 1.54) is 0 Å². The van der Waals surface area contributed by atoms with Gasteiger partial charge in [0.2, 0.25) is 0 Å². The third-order valence-corrected chi connectivity index (χ3v) is 4.81. The molecule has 1 aliphatic rings. The largest absolute Gasteiger partial charge is 0.493 e. The summed E-state index contributed by atoms with van der Waals surface area (Å²) in [6.07, 6.45) is 0.445. The van der Waals surface area contributed by atoms with Crippen LogP contribution in [0.4, 0.5) is 21.9 Å². The molecule has 0 saturated carbocycles. The topological polar surface area (TPSA) is 55.2 Å². The summed E-state index contributed by atoms with van der Waals surface area (Å²) in [6.45, 7) is 13.7. The lowest BCUT2D eigenvalue weighted by atomic mass is 9.92. The predicted octanol–water partition coefficient (Wildman–Crippen LogP) is 5.40. The fourth-order valence-corrected chi connectivity index (χ4v) is 3.29. The Bertz CT molecular complexity index is 910. The van der Waals surface area contributed by atoms with Gasteiger partial charge in [0.05, 0.1) is 13.2 Å². The number of benzene rings is 2. The van der Waals surface area contributed by atoms with Gasteiger partial charge in [0.25, 0.3) is 0 Å². The standard InChI is InChI=1S/C23H27N3O3/c1-23(2,3)29-22(27)25-15-16-12-13-28-21-14-19(10-11-20(16)21)26(5)18-8-6-17(24-4)7-9-18/h6-11,14,16H,12-13,15H2,1-3,5H3,(H,25,27)/t16-/m0/s1. The molecule has 0 radical (unpaired) electrons. The van der Waals surface area contributed by atoms with Crippen LogP contribution in [0.15, 0.2) is 42.5 Å². The second kappa shape index (κ2) is 8.44. The number of ether oxygens (including phenoxy) is 2. The highest BCUT2D eigenvalue weighted by molar-refractivity contribution is 5.68. The number of amides is 1. The van der Waals surface area contributed by atoms with E-state index < -0.39 is 11.7 Å². The van der Waals surface area contributed by atoms with Gasteiger partial charge in [-0.15, -0.1) is 0 Å². The molecule has 6 nitrogen and oxygen atoms in total. The van der Waals surface area contributed by atoms with Gasteiger partial charge in [-0.05, 0) is 51.0 Å². The Kier molecular flexibility index (Phi) is 5.97. The average Bonchev–Trinajstić information content (AvgIpc) is 2.70. The minimum Gasteiger partial charge on any atom is -0.493 e. The fraction of sp³-hybridized carbons (Fsp3) is 0.391. The Morgan fingerprint density at radius 2 is 1.93 bits per heavy atom. The van der Waals surface area contributed by atoms with Gasteiger partial charge in [-0.25, -0.2) is 9.64 Å². The first-order chi connectivity index (χ1) is 13.8. The van der Waals surface area contributed by atoms with Crippen LogP contribution in [0.3, 0.4) is 0 Å². The van der Waals surface area contributed by atoms with E-state index >= 15 is 0 Å². The average molecular weight is 393 g/mol. The number of hydrogen-bond donors (Lipinski definition) is 1. The maximum atomic E-state index is 12.0. The summed E-state index contributed by atoms with van der Waals surface area (Å²) in [5.41, 5.74) is 3.20. The van der Waals surface area contributed by atoms with Crippen molar-refractivity contribution in [3.63, 3.8) is 0 Å². The van der Waals surface area contributed by atoms with Crippen molar-refractivity contribution in [1.82, 2.24) is 5.32 Å². The van der Waals surface area contributed by atoms with Gasteiger partial charge in [0.15, 0.2) is 5.69 Å². The molecule has 29 heavy (non-hydrogen) atoms. The number of fused-ring (bicyclic) bond motifs is 1. The third-order valence-electron chi connectivity index (χ3n) is 4.81. The number of carbonyl (C=O) groups is 1. The van der Waals surface area contributed by atoms with E-state index in [9.17, 15) is 4.79 Å². The first kappa shape index (κ1) is 20.5. The van der Waals surface area contributed by atoms with Gasteiger partial charge >= 0.3 is 6.09 Å². The van der Waals surface area contributed by atoms with Gasteiger partial charge in [-0.3, -0.25) is 0 Å². The summed E-state index contributed by atoms with van der Waals surface area (Å²) in [7, 11) is 1.99. The quantitative estimate of drug-likeness (QED) is 0.707. The molecule has 152 valence electrons. The lowest BCUT2D eigenvalue weighted by Crippen LogP contribution is -2.35. The number of carbonyl (C=O) groups excluding carboxylic acids is 1. The van der Waals surface area contributed by atoms with Crippen LogP contribution in [0, 0.1) is 6.57 Å². The molecule has 3 rings (SSSR count). The van der Waals surface area contributed by atoms with Crippen molar-refractivity contribution in [2.24, 2.45) is 0 Å². The molecule has 1 N–H and O–H groups in total. The Balaban J connectivity index is 1.71. The van der Waals surface area contributed by atoms with Gasteiger partial charge in [-0.1, -0.05) is 18.2 Å². The molecule has 1 heterocycles. The van der Waals surface area contributed by atoms with Crippen molar-refractivity contribution >= 4 is 23.2 Å². The van der Waals surface area contributed by atoms with Gasteiger partial charge < -0.3 is 19.7 Å². The molecule has 0 aliphatic carbocycles. The van der Waals surface area contributed by atoms with E-state index in [4.69, 9.17) is 16.0 Å². The predicted molar refractivity (Wildman–Crippen MR) is 114 cm³/mol. The van der Waals surface area contributed by atoms with Crippen LogP contribution in [0.25, 0.3) is 4.85 Å². The summed E-state index contributed by atoms with van der Waals surface area (Å²) in [4.78, 5) is 17.5. The lowest BCUT2D eigenvalue weighted by Gasteiger charge is -2.29. The summed E-state index contributed by atoms with van der Waals surface area (Å²) < 4.78 is 11.2. The molecule has 2 aromatic rings. The van der Waals surface area contributed by atoms with Crippen LogP contribution >= 0.6 is 0 Å². The molecule has 2 aromatic carbocycles. The van der Waals surface area contributed by atoms with Crippen LogP contribution in [-0.2, 0) is 4.74 Å². The Morgan fingerprint density at radius 3 is 2.59 bits per heavy atom. The summed E-state index contributed by atoms with van der Waals surface area (Å²) in [5, 5.41) is 2.87. The highest BCUT2D eigenvalue weighted by atomic mass is 16.6. The third kappa shape index (κ3) is 5.20. The Morgan fingerprint density at radius 1 is 1.24 bits per heavy atom. The van der Waals surface area contributed by atoms with E-state index in [1.54, 1.807) is 0 Å². The summed E-state index contributed by atoms with van der Waals surface area (Å²) >= 11 is 0. The molecule has 0 fully saturated rings. The Hall–Kier alpha value is -3.20. The van der Waals surface area contributed by atoms with Crippen molar-refractivity contribution in [1.29, 1.82) is 0 Å². The first-order valence-electron chi connectivity index (χ1n) is 9.71. The van der Waals surface area contributed by atoms with E-state index in [-0.39, 0.29) is 5.92 Å². The van der Waals surface area contributed by atoms with Gasteiger partial charge in [0, 0.05) is 37.0 Å². The maximum absolute atomic E-state index is 12.0. The molecule has 1 amide bonds. The maximum Gasteiger partial charge on any atom is 0.407 e. The number of nitrogens with zero attached hydrogens (tertiary/aromatic N) is 2. The number of rotatable bonds is 4. The SMILES string of the molecule is [C-]#[N+]c1ccc(N(C)c2ccc3c(c2)OCC[C@H]3CNC(=O)OC(C)(C)C)cc1. The fourth-order valence-electron chi connectivity index (χ4n) is 3.29. The smallest absolute Gasteiger partial charge is 0.407 e. The number of nitrogens with one attached hydrogen (secondary N) is 1. The van der Waals surface area contributed by atoms with Gasteiger partial charge in [0.1, 0.15) is 11.4 Å². The minimum absolute atomic E-state index is 0.184. The molecule has 6 heteroatoms. The number of anilines is 2. The zero-order valence-electron chi connectivity index (χ0n) is 17.4. The molecule has 0 saturated heterocycles. The zero-order chi connectivity index (χ0) is 21.0. The second-order valence-corrected chi connectivity index (χ2v) is 8.13. The van der Waals surface area contributed by atoms with E-state index in [2.05, 4.69) is 27.2 Å². The number of hydrogen-bond acceptors (Lipinski definition) is 4. The first-order valence-corrected chi connectivity index (χ1v) is 9.71. The normalized spacial score (nSPS) is 15.5. The highest BCUT2D eigenvalue weighted by Crippen LogP contribution is 2.37. The van der Waals surface area contributed by atoms with E-state index in [0.717, 1.165) is 29.1 Å². The zero-order valence-corrected chi connectivity index (χ0v) is 17.4. The van der Waals surface area contributed by atoms with Crippen molar-refractivity contribution in [3.05, 3.63) is 59.4 Å². The van der Waals surface area contributed by atoms with Crippen molar-refractivity contribution in [2.45, 2.75) is 38.7 Å². The van der Waals surface area contributed by atoms with Crippen LogP contribution in [0.2, 0.25) is 0 Å². The minimum atomic E-state index is -0.510. The molecule has 0 bridgehead atoms. The van der Waals surface area contributed by atoms with Gasteiger partial charge in [-0.2, -0.15) is 0 Å². The second-order valence-electron chi connectivity index (χ2n) is 8.13. The van der Waals surface area contributed by atoms with Crippen molar-refractivity contribution in [2.75, 3.05) is 25.1 Å². The molecular formula is C23H27N3O3. The lowest BCUT2D eigenvalue weighted by molar-refractivity contribution is 0.0521. The monoisotopic (exact) mass is 393 g/mol. The molecule has 0 aromatic heterocycles. The highest BCUT2D eigenvalue weighted by Gasteiger charge is 2.24. The molecule has 1 aliphatic heterocycles. The summed E-state index contributed by atoms with van der Waals surface area (Å²) in [6, 6.07) is 13.6. The Labute approximate surface area is 172 Å². The summed E-state index contributed by atoms with van der Waals surface area (Å²) in [5.74, 6) is 1.03.